The van der Waals surface area contributed by atoms with Gasteiger partial charge in [-0.25, -0.2) is 0 Å². The van der Waals surface area contributed by atoms with E-state index in [1.54, 1.807) is 0 Å². The van der Waals surface area contributed by atoms with Gasteiger partial charge in [0.25, 0.3) is 0 Å². The van der Waals surface area contributed by atoms with Crippen molar-refractivity contribution in [3.63, 3.8) is 0 Å². The minimum Gasteiger partial charge on any atom is -0.302 e. The van der Waals surface area contributed by atoms with E-state index in [9.17, 15) is 0 Å². The molecule has 0 aromatic rings. The molecule has 0 radical (unpaired) electrons. The second kappa shape index (κ2) is 8.88. The van der Waals surface area contributed by atoms with Crippen molar-refractivity contribution in [3.8, 4) is 0 Å². The fraction of sp³-hybridized carbons (Fsp3) is 1.00. The maximum absolute atomic E-state index is 6.86. The van der Waals surface area contributed by atoms with Crippen molar-refractivity contribution in [2.45, 2.75) is 69.2 Å². The fourth-order valence-corrected chi connectivity index (χ4v) is 4.70. The molecule has 0 amide bonds. The first-order valence-corrected chi connectivity index (χ1v) is 10.3. The Kier molecular flexibility index (Phi) is 7.67. The zero-order valence-corrected chi connectivity index (χ0v) is 17.8. The monoisotopic (exact) mass is 378 g/mol. The van der Waals surface area contributed by atoms with Crippen LogP contribution in [0.15, 0.2) is 0 Å². The number of halogens is 2. The molecule has 4 nitrogen and oxygen atoms in total. The molecule has 2 saturated heterocycles. The van der Waals surface area contributed by atoms with Crippen molar-refractivity contribution >= 4 is 23.2 Å². The Balaban J connectivity index is 2.29. The van der Waals surface area contributed by atoms with Crippen LogP contribution in [0.2, 0.25) is 0 Å². The predicted molar refractivity (Wildman–Crippen MR) is 105 cm³/mol. The highest BCUT2D eigenvalue weighted by Gasteiger charge is 2.34. The van der Waals surface area contributed by atoms with E-state index in [2.05, 4.69) is 61.4 Å². The Hall–Kier alpha value is 0.420. The van der Waals surface area contributed by atoms with E-state index in [4.69, 9.17) is 23.2 Å². The first-order chi connectivity index (χ1) is 11.2. The van der Waals surface area contributed by atoms with Gasteiger partial charge in [0.1, 0.15) is 0 Å². The van der Waals surface area contributed by atoms with Crippen LogP contribution in [0.1, 0.15) is 34.1 Å². The van der Waals surface area contributed by atoms with E-state index in [0.717, 1.165) is 32.7 Å². The molecule has 8 atom stereocenters. The van der Waals surface area contributed by atoms with Gasteiger partial charge in [-0.15, -0.1) is 23.2 Å². The lowest BCUT2D eigenvalue weighted by molar-refractivity contribution is 0.0537. The second-order valence-electron chi connectivity index (χ2n) is 7.97. The van der Waals surface area contributed by atoms with Crippen LogP contribution in [0.5, 0.6) is 0 Å². The largest absolute Gasteiger partial charge is 0.302 e. The summed E-state index contributed by atoms with van der Waals surface area (Å²) in [4.78, 5) is 9.89. The molecule has 0 aromatic heterocycles. The van der Waals surface area contributed by atoms with Crippen LogP contribution < -0.4 is 0 Å². The zero-order valence-electron chi connectivity index (χ0n) is 16.3. The smallest absolute Gasteiger partial charge is 0.0979 e. The molecule has 0 aliphatic carbocycles. The van der Waals surface area contributed by atoms with Gasteiger partial charge in [0.05, 0.1) is 10.9 Å². The second-order valence-corrected chi connectivity index (χ2v) is 8.98. The van der Waals surface area contributed by atoms with E-state index in [-0.39, 0.29) is 16.9 Å². The van der Waals surface area contributed by atoms with Crippen LogP contribution in [0, 0.1) is 0 Å². The predicted octanol–water partition coefficient (Wildman–Crippen LogP) is 2.60. The standard InChI is InChI=1S/C18H36Cl2N4/c1-13-11-14(2)24-10-9-23(8-7-21(13)5)16(4)18(20)15(3)22(6)17(19)12-24/h13-18H,7-12H2,1-6H3. The lowest BCUT2D eigenvalue weighted by atomic mass is 10.0. The molecule has 0 aromatic carbocycles. The summed E-state index contributed by atoms with van der Waals surface area (Å²) in [7, 11) is 4.36. The van der Waals surface area contributed by atoms with Crippen LogP contribution in [0.4, 0.5) is 0 Å². The number of nitrogens with zero attached hydrogens (tertiary/aromatic N) is 4. The summed E-state index contributed by atoms with van der Waals surface area (Å²) in [6, 6.07) is 1.71. The van der Waals surface area contributed by atoms with E-state index < -0.39 is 0 Å². The van der Waals surface area contributed by atoms with Crippen molar-refractivity contribution in [1.29, 1.82) is 0 Å². The Bertz CT molecular complexity index is 395. The molecule has 0 saturated carbocycles. The topological polar surface area (TPSA) is 13.0 Å². The van der Waals surface area contributed by atoms with Crippen LogP contribution in [-0.2, 0) is 0 Å². The van der Waals surface area contributed by atoms with Crippen LogP contribution >= 0.6 is 23.2 Å². The lowest BCUT2D eigenvalue weighted by Crippen LogP contribution is -2.58. The molecule has 2 heterocycles. The third-order valence-electron chi connectivity index (χ3n) is 6.44. The van der Waals surface area contributed by atoms with Gasteiger partial charge < -0.3 is 4.90 Å². The number of alkyl halides is 2. The highest BCUT2D eigenvalue weighted by Crippen LogP contribution is 2.24. The first-order valence-electron chi connectivity index (χ1n) is 9.40. The summed E-state index contributed by atoms with van der Waals surface area (Å²) in [5, 5.41) is 0.0749. The van der Waals surface area contributed by atoms with Crippen LogP contribution in [0.25, 0.3) is 0 Å². The first kappa shape index (κ1) is 20.7. The van der Waals surface area contributed by atoms with Gasteiger partial charge in [-0.05, 0) is 48.2 Å². The maximum Gasteiger partial charge on any atom is 0.0979 e. The van der Waals surface area contributed by atoms with Gasteiger partial charge in [0, 0.05) is 56.9 Å². The molecule has 2 aliphatic rings. The van der Waals surface area contributed by atoms with Crippen molar-refractivity contribution < 1.29 is 0 Å². The van der Waals surface area contributed by atoms with E-state index in [1.807, 2.05) is 0 Å². The van der Waals surface area contributed by atoms with Crippen LogP contribution in [0.3, 0.4) is 0 Å². The average Bonchev–Trinajstić information content (AvgIpc) is 2.55. The molecule has 8 unspecified atom stereocenters. The van der Waals surface area contributed by atoms with Gasteiger partial charge in [0.15, 0.2) is 0 Å². The SMILES string of the molecule is CC1CC(C)N2CCN(CCN1C)C(C)C(Cl)C(C)N(C)C(Cl)C2. The molecule has 0 spiro atoms. The molecule has 2 aliphatic heterocycles. The summed E-state index contributed by atoms with van der Waals surface area (Å²) >= 11 is 13.6. The lowest BCUT2D eigenvalue weighted by Gasteiger charge is -2.45. The van der Waals surface area contributed by atoms with E-state index >= 15 is 0 Å². The van der Waals surface area contributed by atoms with E-state index in [0.29, 0.717) is 18.1 Å². The number of fused-ring (bicyclic) bond motifs is 3. The van der Waals surface area contributed by atoms with Crippen molar-refractivity contribution in [3.05, 3.63) is 0 Å². The number of likely N-dealkylation sites (N-methyl/N-ethyl adjacent to an activating group) is 2. The maximum atomic E-state index is 6.86. The van der Waals surface area contributed by atoms with Gasteiger partial charge >= 0.3 is 0 Å². The minimum atomic E-state index is -0.00146. The minimum absolute atomic E-state index is 0.00146. The van der Waals surface area contributed by atoms with E-state index in [1.165, 1.54) is 6.42 Å². The van der Waals surface area contributed by atoms with Crippen molar-refractivity contribution in [2.24, 2.45) is 0 Å². The summed E-state index contributed by atoms with van der Waals surface area (Å²) in [6.07, 6.45) is 1.19. The Morgan fingerprint density at radius 2 is 1.33 bits per heavy atom. The molecule has 2 rings (SSSR count). The summed E-state index contributed by atoms with van der Waals surface area (Å²) in [6.45, 7) is 14.4. The van der Waals surface area contributed by atoms with Crippen LogP contribution in [-0.4, -0.2) is 101 Å². The van der Waals surface area contributed by atoms with Gasteiger partial charge in [-0.1, -0.05) is 0 Å². The fourth-order valence-electron chi connectivity index (χ4n) is 4.00. The summed E-state index contributed by atoms with van der Waals surface area (Å²) in [5.74, 6) is 0. The summed E-state index contributed by atoms with van der Waals surface area (Å²) < 4.78 is 0. The molecule has 142 valence electrons. The third-order valence-corrected chi connectivity index (χ3v) is 7.61. The number of hydrogen-bond donors (Lipinski definition) is 0. The molecule has 0 N–H and O–H groups in total. The molecule has 2 fully saturated rings. The third kappa shape index (κ3) is 4.77. The molecule has 2 bridgehead atoms. The van der Waals surface area contributed by atoms with Gasteiger partial charge in [-0.3, -0.25) is 14.7 Å². The normalized spacial score (nSPS) is 47.5. The molecule has 24 heavy (non-hydrogen) atoms. The summed E-state index contributed by atoms with van der Waals surface area (Å²) in [5.41, 5.74) is -0.00146. The molecule has 6 heteroatoms. The number of hydrogen-bond acceptors (Lipinski definition) is 4. The number of rotatable bonds is 0. The Morgan fingerprint density at radius 3 is 2.00 bits per heavy atom. The highest BCUT2D eigenvalue weighted by molar-refractivity contribution is 6.22. The van der Waals surface area contributed by atoms with Crippen molar-refractivity contribution in [1.82, 2.24) is 19.6 Å². The van der Waals surface area contributed by atoms with Gasteiger partial charge in [-0.2, -0.15) is 0 Å². The zero-order chi connectivity index (χ0) is 18.0. The highest BCUT2D eigenvalue weighted by atomic mass is 35.5. The van der Waals surface area contributed by atoms with Gasteiger partial charge in [0.2, 0.25) is 0 Å². The Morgan fingerprint density at radius 1 is 0.750 bits per heavy atom. The van der Waals surface area contributed by atoms with Crippen molar-refractivity contribution in [2.75, 3.05) is 46.8 Å². The Labute approximate surface area is 159 Å². The average molecular weight is 379 g/mol. The molecular weight excluding hydrogens is 343 g/mol. The quantitative estimate of drug-likeness (QED) is 0.474. The molecular formula is C18H36Cl2N4.